The number of hydrogen-bond acceptors (Lipinski definition) is 4. The summed E-state index contributed by atoms with van der Waals surface area (Å²) < 4.78 is 7.07. The van der Waals surface area contributed by atoms with E-state index in [0.29, 0.717) is 26.9 Å². The minimum atomic E-state index is -1.43. The Morgan fingerprint density at radius 2 is 1.95 bits per heavy atom. The van der Waals surface area contributed by atoms with Gasteiger partial charge in [0.15, 0.2) is 6.10 Å². The zero-order valence-electron chi connectivity index (χ0n) is 11.4. The molecule has 0 aliphatic carbocycles. The van der Waals surface area contributed by atoms with E-state index in [9.17, 15) is 9.90 Å². The summed E-state index contributed by atoms with van der Waals surface area (Å²) in [6.45, 7) is 0.315. The van der Waals surface area contributed by atoms with Crippen LogP contribution in [0.1, 0.15) is 11.3 Å². The molecule has 0 spiro atoms. The molecule has 2 N–H and O–H groups in total. The van der Waals surface area contributed by atoms with Gasteiger partial charge in [-0.05, 0) is 61.7 Å². The first kappa shape index (κ1) is 16.9. The van der Waals surface area contributed by atoms with Crippen molar-refractivity contribution in [3.05, 3.63) is 56.7 Å². The molecule has 2 rings (SSSR count). The predicted molar refractivity (Wildman–Crippen MR) is 87.8 cm³/mol. The number of hydrogen-bond donors (Lipinski definition) is 2. The van der Waals surface area contributed by atoms with E-state index in [1.165, 1.54) is 0 Å². The van der Waals surface area contributed by atoms with Gasteiger partial charge >= 0.3 is 5.97 Å². The van der Waals surface area contributed by atoms with Gasteiger partial charge in [0.05, 0.1) is 14.6 Å². The molecule has 0 saturated carbocycles. The van der Waals surface area contributed by atoms with Crippen LogP contribution >= 0.6 is 31.9 Å². The fraction of sp³-hybridized carbons (Fsp3) is 0.200. The lowest BCUT2D eigenvalue weighted by Gasteiger charge is -2.13. The lowest BCUT2D eigenvalue weighted by molar-refractivity contribution is -0.146. The molecule has 0 aliphatic rings. The first-order valence-corrected chi connectivity index (χ1v) is 7.97. The Labute approximate surface area is 144 Å². The van der Waals surface area contributed by atoms with E-state index in [4.69, 9.17) is 9.84 Å². The summed E-state index contributed by atoms with van der Waals surface area (Å²) in [6, 6.07) is 9.03. The van der Waals surface area contributed by atoms with Crippen molar-refractivity contribution >= 4 is 37.8 Å². The Morgan fingerprint density at radius 1 is 1.27 bits per heavy atom. The topological polar surface area (TPSA) is 79.7 Å². The molecule has 1 aromatic carbocycles. The lowest BCUT2D eigenvalue weighted by atomic mass is 10.1. The van der Waals surface area contributed by atoms with Crippen molar-refractivity contribution in [1.29, 1.82) is 0 Å². The van der Waals surface area contributed by atoms with Gasteiger partial charge in [0.2, 0.25) is 0 Å². The number of rotatable bonds is 6. The molecule has 1 heterocycles. The van der Waals surface area contributed by atoms with Gasteiger partial charge in [-0.15, -0.1) is 0 Å². The Kier molecular flexibility index (Phi) is 5.93. The minimum absolute atomic E-state index is 0.0209. The number of nitrogens with zero attached hydrogens (tertiary/aromatic N) is 1. The average molecular weight is 431 g/mol. The molecule has 0 radical (unpaired) electrons. The number of aliphatic hydroxyl groups is 1. The molecule has 0 aliphatic heterocycles. The molecule has 0 fully saturated rings. The van der Waals surface area contributed by atoms with Gasteiger partial charge in [-0.3, -0.25) is 4.98 Å². The number of aromatic nitrogens is 1. The number of carbonyl (C=O) groups is 1. The van der Waals surface area contributed by atoms with Crippen LogP contribution in [0.15, 0.2) is 45.5 Å². The highest BCUT2D eigenvalue weighted by Crippen LogP contribution is 2.35. The summed E-state index contributed by atoms with van der Waals surface area (Å²) >= 11 is 6.79. The van der Waals surface area contributed by atoms with Gasteiger partial charge < -0.3 is 14.9 Å². The summed E-state index contributed by atoms with van der Waals surface area (Å²) in [7, 11) is 0. The van der Waals surface area contributed by atoms with Crippen molar-refractivity contribution in [2.45, 2.75) is 19.1 Å². The van der Waals surface area contributed by atoms with Crippen LogP contribution in [0.5, 0.6) is 5.75 Å². The van der Waals surface area contributed by atoms with Gasteiger partial charge in [0.25, 0.3) is 0 Å². The molecule has 1 unspecified atom stereocenters. The maximum Gasteiger partial charge on any atom is 0.332 e. The number of carboxylic acid groups (broad SMARTS) is 1. The summed E-state index contributed by atoms with van der Waals surface area (Å²) in [6.07, 6.45) is 0.283. The van der Waals surface area contributed by atoms with Crippen molar-refractivity contribution in [2.24, 2.45) is 0 Å². The van der Waals surface area contributed by atoms with E-state index >= 15 is 0 Å². The van der Waals surface area contributed by atoms with Gasteiger partial charge in [-0.2, -0.15) is 0 Å². The van der Waals surface area contributed by atoms with E-state index in [2.05, 4.69) is 36.8 Å². The molecule has 22 heavy (non-hydrogen) atoms. The first-order valence-electron chi connectivity index (χ1n) is 6.39. The third-order valence-corrected chi connectivity index (χ3v) is 4.04. The van der Waals surface area contributed by atoms with E-state index in [1.54, 1.807) is 18.3 Å². The number of halogens is 2. The standard InChI is InChI=1S/C15H13Br2NO4/c16-11-5-9(7-13(19)15(20)21)6-12(17)14(11)22-8-10-3-1-2-4-18-10/h1-6,13,19H,7-8H2,(H,20,21). The molecule has 7 heteroatoms. The normalized spacial score (nSPS) is 12.0. The second-order valence-corrected chi connectivity index (χ2v) is 6.27. The summed E-state index contributed by atoms with van der Waals surface area (Å²) in [5.41, 5.74) is 1.48. The fourth-order valence-corrected chi connectivity index (χ4v) is 3.32. The predicted octanol–water partition coefficient (Wildman–Crippen LogP) is 3.17. The SMILES string of the molecule is O=C(O)C(O)Cc1cc(Br)c(OCc2ccccn2)c(Br)c1. The van der Waals surface area contributed by atoms with Crippen LogP contribution < -0.4 is 4.74 Å². The maximum atomic E-state index is 10.7. The smallest absolute Gasteiger partial charge is 0.332 e. The van der Waals surface area contributed by atoms with Gasteiger partial charge in [0.1, 0.15) is 12.4 Å². The molecule has 0 bridgehead atoms. The van der Waals surface area contributed by atoms with Crippen LogP contribution in [-0.4, -0.2) is 27.3 Å². The summed E-state index contributed by atoms with van der Waals surface area (Å²) in [5.74, 6) is -0.651. The second-order valence-electron chi connectivity index (χ2n) is 4.56. The van der Waals surface area contributed by atoms with Gasteiger partial charge in [-0.25, -0.2) is 4.79 Å². The number of pyridine rings is 1. The number of carboxylic acids is 1. The monoisotopic (exact) mass is 429 g/mol. The molecule has 0 amide bonds. The number of benzene rings is 1. The Balaban J connectivity index is 2.11. The van der Waals surface area contributed by atoms with Crippen LogP contribution in [0.3, 0.4) is 0 Å². The lowest BCUT2D eigenvalue weighted by Crippen LogP contribution is -2.22. The van der Waals surface area contributed by atoms with Gasteiger partial charge in [0, 0.05) is 12.6 Å². The summed E-state index contributed by atoms with van der Waals surface area (Å²) in [4.78, 5) is 14.9. The van der Waals surface area contributed by atoms with Crippen molar-refractivity contribution in [3.63, 3.8) is 0 Å². The Morgan fingerprint density at radius 3 is 2.50 bits per heavy atom. The largest absolute Gasteiger partial charge is 0.485 e. The molecule has 1 aromatic heterocycles. The van der Waals surface area contributed by atoms with Crippen LogP contribution in [0.4, 0.5) is 0 Å². The van der Waals surface area contributed by atoms with Crippen LogP contribution in [0.2, 0.25) is 0 Å². The third-order valence-electron chi connectivity index (χ3n) is 2.86. The molecule has 2 aromatic rings. The van der Waals surface area contributed by atoms with Crippen molar-refractivity contribution in [1.82, 2.24) is 4.98 Å². The third kappa shape index (κ3) is 4.53. The zero-order chi connectivity index (χ0) is 16.1. The molecular formula is C15H13Br2NO4. The van der Waals surface area contributed by atoms with E-state index in [1.807, 2.05) is 18.2 Å². The first-order chi connectivity index (χ1) is 10.5. The second kappa shape index (κ2) is 7.71. The highest BCUT2D eigenvalue weighted by Gasteiger charge is 2.16. The Hall–Kier alpha value is -1.44. The van der Waals surface area contributed by atoms with Crippen molar-refractivity contribution in [2.75, 3.05) is 0 Å². The average Bonchev–Trinajstić information content (AvgIpc) is 2.47. The van der Waals surface area contributed by atoms with Crippen LogP contribution in [-0.2, 0) is 17.8 Å². The number of ether oxygens (including phenoxy) is 1. The fourth-order valence-electron chi connectivity index (χ4n) is 1.81. The molecule has 116 valence electrons. The quantitative estimate of drug-likeness (QED) is 0.735. The highest BCUT2D eigenvalue weighted by molar-refractivity contribution is 9.11. The summed E-state index contributed by atoms with van der Waals surface area (Å²) in [5, 5.41) is 18.2. The molecule has 5 nitrogen and oxygen atoms in total. The van der Waals surface area contributed by atoms with Crippen LogP contribution in [0, 0.1) is 0 Å². The van der Waals surface area contributed by atoms with Crippen molar-refractivity contribution in [3.8, 4) is 5.75 Å². The van der Waals surface area contributed by atoms with Crippen LogP contribution in [0.25, 0.3) is 0 Å². The number of aliphatic carboxylic acids is 1. The van der Waals surface area contributed by atoms with E-state index < -0.39 is 12.1 Å². The molecular weight excluding hydrogens is 418 g/mol. The molecule has 0 saturated heterocycles. The highest BCUT2D eigenvalue weighted by atomic mass is 79.9. The molecule has 1 atom stereocenters. The van der Waals surface area contributed by atoms with E-state index in [0.717, 1.165) is 5.69 Å². The number of aliphatic hydroxyl groups excluding tert-OH is 1. The van der Waals surface area contributed by atoms with Crippen molar-refractivity contribution < 1.29 is 19.7 Å². The zero-order valence-corrected chi connectivity index (χ0v) is 14.5. The van der Waals surface area contributed by atoms with E-state index in [-0.39, 0.29) is 6.42 Å². The minimum Gasteiger partial charge on any atom is -0.485 e. The Bertz CT molecular complexity index is 641. The maximum absolute atomic E-state index is 10.7. The van der Waals surface area contributed by atoms with Gasteiger partial charge in [-0.1, -0.05) is 6.07 Å².